The zero-order chi connectivity index (χ0) is 18.2. The first kappa shape index (κ1) is 18.2. The van der Waals surface area contributed by atoms with Crippen LogP contribution in [0.25, 0.3) is 0 Å². The van der Waals surface area contributed by atoms with Gasteiger partial charge in [0.05, 0.1) is 5.56 Å². The largest absolute Gasteiger partial charge is 0.449 e. The first-order valence-corrected chi connectivity index (χ1v) is 7.86. The summed E-state index contributed by atoms with van der Waals surface area (Å²) >= 11 is 0. The normalized spacial score (nSPS) is 11.3. The molecule has 2 aromatic rings. The van der Waals surface area contributed by atoms with Crippen LogP contribution in [0, 0.1) is 0 Å². The lowest BCUT2D eigenvalue weighted by atomic mass is 10.2. The number of esters is 1. The molecule has 2 amide bonds. The number of ether oxygens (including phenoxy) is 1. The highest BCUT2D eigenvalue weighted by Gasteiger charge is 2.19. The van der Waals surface area contributed by atoms with Crippen molar-refractivity contribution in [2.45, 2.75) is 26.5 Å². The zero-order valence-electron chi connectivity index (χ0n) is 14.1. The first-order valence-electron chi connectivity index (χ1n) is 7.86. The van der Waals surface area contributed by atoms with Crippen LogP contribution in [0.3, 0.4) is 0 Å². The topological polar surface area (TPSA) is 84.5 Å². The fraction of sp³-hybridized carbons (Fsp3) is 0.211. The van der Waals surface area contributed by atoms with E-state index in [-0.39, 0.29) is 17.4 Å². The van der Waals surface area contributed by atoms with Gasteiger partial charge in [-0.15, -0.1) is 0 Å². The van der Waals surface area contributed by atoms with Crippen LogP contribution < -0.4 is 10.6 Å². The van der Waals surface area contributed by atoms with Crippen LogP contribution >= 0.6 is 0 Å². The maximum absolute atomic E-state index is 12.2. The second-order valence-corrected chi connectivity index (χ2v) is 5.51. The molecule has 6 heteroatoms. The number of nitrogens with one attached hydrogen (secondary N) is 2. The van der Waals surface area contributed by atoms with Gasteiger partial charge in [-0.3, -0.25) is 9.59 Å². The number of carbonyl (C=O) groups excluding carboxylic acids is 3. The van der Waals surface area contributed by atoms with Crippen molar-refractivity contribution in [3.05, 3.63) is 65.7 Å². The molecule has 0 bridgehead atoms. The number of carbonyl (C=O) groups is 3. The number of hydrogen-bond donors (Lipinski definition) is 2. The van der Waals surface area contributed by atoms with Crippen molar-refractivity contribution < 1.29 is 19.1 Å². The van der Waals surface area contributed by atoms with E-state index in [1.54, 1.807) is 18.2 Å². The van der Waals surface area contributed by atoms with E-state index >= 15 is 0 Å². The smallest absolute Gasteiger partial charge is 0.338 e. The van der Waals surface area contributed by atoms with Crippen LogP contribution in [0.15, 0.2) is 54.6 Å². The molecular formula is C19H20N2O4. The Morgan fingerprint density at radius 1 is 1.04 bits per heavy atom. The van der Waals surface area contributed by atoms with Gasteiger partial charge in [0.15, 0.2) is 6.10 Å². The van der Waals surface area contributed by atoms with Crippen LogP contribution in [-0.4, -0.2) is 23.9 Å². The summed E-state index contributed by atoms with van der Waals surface area (Å²) in [5.74, 6) is -1.25. The number of hydrogen-bond acceptors (Lipinski definition) is 4. The highest BCUT2D eigenvalue weighted by atomic mass is 16.5. The minimum atomic E-state index is -0.930. The summed E-state index contributed by atoms with van der Waals surface area (Å²) in [5.41, 5.74) is 1.70. The molecule has 0 aliphatic carbocycles. The Morgan fingerprint density at radius 2 is 1.76 bits per heavy atom. The molecule has 0 aliphatic rings. The summed E-state index contributed by atoms with van der Waals surface area (Å²) in [6.07, 6.45) is -0.930. The van der Waals surface area contributed by atoms with E-state index in [2.05, 4.69) is 10.6 Å². The molecule has 0 fully saturated rings. The fourth-order valence-electron chi connectivity index (χ4n) is 2.14. The van der Waals surface area contributed by atoms with Gasteiger partial charge >= 0.3 is 5.97 Å². The lowest BCUT2D eigenvalue weighted by Gasteiger charge is -2.14. The fourth-order valence-corrected chi connectivity index (χ4v) is 2.14. The van der Waals surface area contributed by atoms with Crippen LogP contribution in [0.4, 0.5) is 5.69 Å². The number of amides is 2. The summed E-state index contributed by atoms with van der Waals surface area (Å²) in [5, 5.41) is 5.31. The predicted octanol–water partition coefficient (Wildman–Crippen LogP) is 2.51. The molecule has 25 heavy (non-hydrogen) atoms. The Bertz CT molecular complexity index is 759. The van der Waals surface area contributed by atoms with E-state index in [1.165, 1.54) is 19.9 Å². The summed E-state index contributed by atoms with van der Waals surface area (Å²) in [7, 11) is 0. The van der Waals surface area contributed by atoms with Crippen molar-refractivity contribution in [3.63, 3.8) is 0 Å². The Labute approximate surface area is 146 Å². The van der Waals surface area contributed by atoms with E-state index in [1.807, 2.05) is 30.3 Å². The average molecular weight is 340 g/mol. The van der Waals surface area contributed by atoms with Gasteiger partial charge in [-0.25, -0.2) is 4.79 Å². The molecule has 0 unspecified atom stereocenters. The minimum absolute atomic E-state index is 0.237. The molecule has 0 saturated carbocycles. The summed E-state index contributed by atoms with van der Waals surface area (Å²) in [6, 6.07) is 15.8. The number of benzene rings is 2. The van der Waals surface area contributed by atoms with Crippen molar-refractivity contribution in [2.75, 3.05) is 5.32 Å². The quantitative estimate of drug-likeness (QED) is 0.791. The first-order chi connectivity index (χ1) is 12.0. The lowest BCUT2D eigenvalue weighted by Crippen LogP contribution is -2.35. The van der Waals surface area contributed by atoms with Crippen molar-refractivity contribution in [1.82, 2.24) is 5.32 Å². The Balaban J connectivity index is 1.90. The van der Waals surface area contributed by atoms with Crippen molar-refractivity contribution in [3.8, 4) is 0 Å². The van der Waals surface area contributed by atoms with Crippen molar-refractivity contribution in [2.24, 2.45) is 0 Å². The van der Waals surface area contributed by atoms with Gasteiger partial charge in [0.2, 0.25) is 5.91 Å². The molecule has 2 rings (SSSR count). The number of anilines is 1. The van der Waals surface area contributed by atoms with Crippen molar-refractivity contribution in [1.29, 1.82) is 0 Å². The van der Waals surface area contributed by atoms with Gasteiger partial charge in [-0.2, -0.15) is 0 Å². The third-order valence-corrected chi connectivity index (χ3v) is 3.38. The van der Waals surface area contributed by atoms with Crippen LogP contribution in [0.2, 0.25) is 0 Å². The SMILES string of the molecule is CC(=O)Nc1cccc(C(=O)O[C@@H](C)C(=O)NCc2ccccc2)c1. The molecule has 1 atom stereocenters. The van der Waals surface area contributed by atoms with E-state index in [0.29, 0.717) is 12.2 Å². The number of rotatable bonds is 6. The monoisotopic (exact) mass is 340 g/mol. The molecule has 130 valence electrons. The molecular weight excluding hydrogens is 320 g/mol. The summed E-state index contributed by atoms with van der Waals surface area (Å²) in [4.78, 5) is 35.3. The maximum atomic E-state index is 12.2. The molecule has 0 spiro atoms. The van der Waals surface area contributed by atoms with Gasteiger partial charge in [0.25, 0.3) is 5.91 Å². The van der Waals surface area contributed by atoms with Gasteiger partial charge in [-0.05, 0) is 30.7 Å². The standard InChI is InChI=1S/C19H20N2O4/c1-13(18(23)20-12-15-7-4-3-5-8-15)25-19(24)16-9-6-10-17(11-16)21-14(2)22/h3-11,13H,12H2,1-2H3,(H,20,23)(H,21,22)/t13-/m0/s1. The minimum Gasteiger partial charge on any atom is -0.449 e. The van der Waals surface area contributed by atoms with Gasteiger partial charge in [-0.1, -0.05) is 36.4 Å². The van der Waals surface area contributed by atoms with Gasteiger partial charge < -0.3 is 15.4 Å². The highest BCUT2D eigenvalue weighted by molar-refractivity contribution is 5.95. The van der Waals surface area contributed by atoms with E-state index in [4.69, 9.17) is 4.74 Å². The Hall–Kier alpha value is -3.15. The third kappa shape index (κ3) is 5.76. The molecule has 2 aromatic carbocycles. The van der Waals surface area contributed by atoms with Crippen LogP contribution in [0.1, 0.15) is 29.8 Å². The summed E-state index contributed by atoms with van der Waals surface area (Å²) < 4.78 is 5.18. The molecule has 0 aliphatic heterocycles. The summed E-state index contributed by atoms with van der Waals surface area (Å²) in [6.45, 7) is 3.25. The zero-order valence-corrected chi connectivity index (χ0v) is 14.1. The average Bonchev–Trinajstić information content (AvgIpc) is 2.60. The van der Waals surface area contributed by atoms with Gasteiger partial charge in [0, 0.05) is 19.2 Å². The van der Waals surface area contributed by atoms with E-state index < -0.39 is 12.1 Å². The second-order valence-electron chi connectivity index (χ2n) is 5.51. The highest BCUT2D eigenvalue weighted by Crippen LogP contribution is 2.12. The maximum Gasteiger partial charge on any atom is 0.338 e. The van der Waals surface area contributed by atoms with Crippen molar-refractivity contribution >= 4 is 23.5 Å². The van der Waals surface area contributed by atoms with Gasteiger partial charge in [0.1, 0.15) is 0 Å². The molecule has 0 heterocycles. The van der Waals surface area contributed by atoms with E-state index in [9.17, 15) is 14.4 Å². The third-order valence-electron chi connectivity index (χ3n) is 3.38. The lowest BCUT2D eigenvalue weighted by molar-refractivity contribution is -0.129. The molecule has 0 aromatic heterocycles. The second kappa shape index (κ2) is 8.63. The molecule has 6 nitrogen and oxygen atoms in total. The molecule has 0 radical (unpaired) electrons. The molecule has 2 N–H and O–H groups in total. The van der Waals surface area contributed by atoms with E-state index in [0.717, 1.165) is 5.56 Å². The Kier molecular flexibility index (Phi) is 6.28. The Morgan fingerprint density at radius 3 is 2.44 bits per heavy atom. The molecule has 0 saturated heterocycles. The van der Waals surface area contributed by atoms with Crippen LogP contribution in [-0.2, 0) is 20.9 Å². The van der Waals surface area contributed by atoms with Crippen LogP contribution in [0.5, 0.6) is 0 Å². The predicted molar refractivity (Wildman–Crippen MR) is 93.9 cm³/mol.